The number of anilines is 1. The van der Waals surface area contributed by atoms with Gasteiger partial charge >= 0.3 is 6.03 Å². The molecule has 1 heterocycles. The van der Waals surface area contributed by atoms with Crippen molar-refractivity contribution in [1.29, 1.82) is 0 Å². The van der Waals surface area contributed by atoms with E-state index in [0.717, 1.165) is 31.9 Å². The third-order valence-corrected chi connectivity index (χ3v) is 3.51. The van der Waals surface area contributed by atoms with E-state index in [0.29, 0.717) is 12.2 Å². The number of morpholine rings is 1. The summed E-state index contributed by atoms with van der Waals surface area (Å²) in [6.07, 6.45) is 5.34. The van der Waals surface area contributed by atoms with E-state index in [1.165, 1.54) is 0 Å². The van der Waals surface area contributed by atoms with Gasteiger partial charge in [-0.25, -0.2) is 4.79 Å². The molecule has 1 aromatic carbocycles. The van der Waals surface area contributed by atoms with Gasteiger partial charge in [0.15, 0.2) is 0 Å². The lowest BCUT2D eigenvalue weighted by Gasteiger charge is -2.32. The molecule has 1 saturated heterocycles. The van der Waals surface area contributed by atoms with Crippen LogP contribution < -0.4 is 10.6 Å². The number of nitrogens with one attached hydrogen (secondary N) is 2. The third kappa shape index (κ3) is 4.78. The Hall–Kier alpha value is -2.03. The first kappa shape index (κ1) is 15.4. The highest BCUT2D eigenvalue weighted by Gasteiger charge is 2.17. The van der Waals surface area contributed by atoms with Gasteiger partial charge in [0.2, 0.25) is 0 Å². The van der Waals surface area contributed by atoms with E-state index < -0.39 is 0 Å². The number of terminal acetylenes is 1. The van der Waals surface area contributed by atoms with E-state index in [-0.39, 0.29) is 12.1 Å². The van der Waals surface area contributed by atoms with E-state index in [1.807, 2.05) is 18.2 Å². The van der Waals surface area contributed by atoms with Crippen molar-refractivity contribution < 1.29 is 9.53 Å². The molecule has 1 aliphatic heterocycles. The van der Waals surface area contributed by atoms with Gasteiger partial charge in [-0.05, 0) is 25.1 Å². The summed E-state index contributed by atoms with van der Waals surface area (Å²) in [7, 11) is 0. The fraction of sp³-hybridized carbons (Fsp3) is 0.438. The predicted octanol–water partition coefficient (Wildman–Crippen LogP) is 1.51. The minimum atomic E-state index is -0.218. The van der Waals surface area contributed by atoms with E-state index >= 15 is 0 Å². The van der Waals surface area contributed by atoms with Crippen LogP contribution in [0.3, 0.4) is 0 Å². The third-order valence-electron chi connectivity index (χ3n) is 3.51. The molecule has 5 heteroatoms. The van der Waals surface area contributed by atoms with E-state index in [2.05, 4.69) is 28.4 Å². The second-order valence-corrected chi connectivity index (χ2v) is 5.06. The zero-order valence-corrected chi connectivity index (χ0v) is 12.3. The molecule has 112 valence electrons. The Bertz CT molecular complexity index is 518. The number of urea groups is 1. The first-order valence-electron chi connectivity index (χ1n) is 7.12. The van der Waals surface area contributed by atoms with Crippen LogP contribution in [-0.4, -0.2) is 49.8 Å². The van der Waals surface area contributed by atoms with Crippen LogP contribution in [0.15, 0.2) is 24.3 Å². The summed E-state index contributed by atoms with van der Waals surface area (Å²) in [5, 5.41) is 5.67. The Morgan fingerprint density at radius 1 is 1.48 bits per heavy atom. The van der Waals surface area contributed by atoms with Gasteiger partial charge in [-0.1, -0.05) is 12.0 Å². The van der Waals surface area contributed by atoms with Crippen molar-refractivity contribution in [3.63, 3.8) is 0 Å². The standard InChI is InChI=1S/C16H21N3O2/c1-3-14-5-4-6-15(11-14)18-16(20)17-12-13(2)19-7-9-21-10-8-19/h1,4-6,11,13H,7-10,12H2,2H3,(H2,17,18,20). The summed E-state index contributed by atoms with van der Waals surface area (Å²) in [4.78, 5) is 14.2. The summed E-state index contributed by atoms with van der Waals surface area (Å²) >= 11 is 0. The maximum absolute atomic E-state index is 11.9. The number of amides is 2. The molecule has 0 bridgehead atoms. The first-order chi connectivity index (χ1) is 10.2. The average Bonchev–Trinajstić information content (AvgIpc) is 2.53. The van der Waals surface area contributed by atoms with Gasteiger partial charge in [0.1, 0.15) is 0 Å². The summed E-state index contributed by atoms with van der Waals surface area (Å²) in [6.45, 7) is 6.04. The van der Waals surface area contributed by atoms with Gasteiger partial charge in [-0.3, -0.25) is 4.90 Å². The van der Waals surface area contributed by atoms with Gasteiger partial charge < -0.3 is 15.4 Å². The summed E-state index contributed by atoms with van der Waals surface area (Å²) in [5.41, 5.74) is 1.44. The van der Waals surface area contributed by atoms with Crippen molar-refractivity contribution in [3.8, 4) is 12.3 Å². The summed E-state index contributed by atoms with van der Waals surface area (Å²) in [5.74, 6) is 2.54. The first-order valence-corrected chi connectivity index (χ1v) is 7.12. The number of hydrogen-bond donors (Lipinski definition) is 2. The molecule has 1 fully saturated rings. The molecule has 1 aliphatic rings. The minimum absolute atomic E-state index is 0.218. The van der Waals surface area contributed by atoms with Crippen molar-refractivity contribution in [2.75, 3.05) is 38.2 Å². The van der Waals surface area contributed by atoms with Crippen LogP contribution in [0.1, 0.15) is 12.5 Å². The molecular weight excluding hydrogens is 266 g/mol. The van der Waals surface area contributed by atoms with Gasteiger partial charge in [0, 0.05) is 36.9 Å². The monoisotopic (exact) mass is 287 g/mol. The quantitative estimate of drug-likeness (QED) is 0.825. The van der Waals surface area contributed by atoms with Crippen LogP contribution in [0.2, 0.25) is 0 Å². The second kappa shape index (κ2) is 7.67. The Kier molecular flexibility index (Phi) is 5.61. The molecule has 1 unspecified atom stereocenters. The fourth-order valence-corrected chi connectivity index (χ4v) is 2.25. The van der Waals surface area contributed by atoms with Gasteiger partial charge in [0.25, 0.3) is 0 Å². The van der Waals surface area contributed by atoms with Crippen LogP contribution in [0.25, 0.3) is 0 Å². The SMILES string of the molecule is C#Cc1cccc(NC(=O)NCC(C)N2CCOCC2)c1. The number of hydrogen-bond acceptors (Lipinski definition) is 3. The molecule has 0 spiro atoms. The number of benzene rings is 1. The molecule has 5 nitrogen and oxygen atoms in total. The number of carbonyl (C=O) groups excluding carboxylic acids is 1. The topological polar surface area (TPSA) is 53.6 Å². The van der Waals surface area contributed by atoms with E-state index in [4.69, 9.17) is 11.2 Å². The summed E-state index contributed by atoms with van der Waals surface area (Å²) < 4.78 is 5.32. The Labute approximate surface area is 125 Å². The zero-order valence-electron chi connectivity index (χ0n) is 12.3. The molecule has 0 aliphatic carbocycles. The highest BCUT2D eigenvalue weighted by atomic mass is 16.5. The molecule has 0 saturated carbocycles. The van der Waals surface area contributed by atoms with Crippen LogP contribution >= 0.6 is 0 Å². The van der Waals surface area contributed by atoms with E-state index in [9.17, 15) is 4.79 Å². The molecule has 2 rings (SSSR count). The lowest BCUT2D eigenvalue weighted by molar-refractivity contribution is 0.0209. The lowest BCUT2D eigenvalue weighted by atomic mass is 10.2. The number of carbonyl (C=O) groups is 1. The van der Waals surface area contributed by atoms with Crippen molar-refractivity contribution in [3.05, 3.63) is 29.8 Å². The van der Waals surface area contributed by atoms with Crippen molar-refractivity contribution >= 4 is 11.7 Å². The molecule has 0 aromatic heterocycles. The highest BCUT2D eigenvalue weighted by molar-refractivity contribution is 5.89. The largest absolute Gasteiger partial charge is 0.379 e. The number of rotatable bonds is 4. The Morgan fingerprint density at radius 3 is 2.95 bits per heavy atom. The Balaban J connectivity index is 1.77. The maximum atomic E-state index is 11.9. The minimum Gasteiger partial charge on any atom is -0.379 e. The van der Waals surface area contributed by atoms with Gasteiger partial charge in [0.05, 0.1) is 13.2 Å². The van der Waals surface area contributed by atoms with Crippen molar-refractivity contribution in [1.82, 2.24) is 10.2 Å². The average molecular weight is 287 g/mol. The predicted molar refractivity (Wildman–Crippen MR) is 83.3 cm³/mol. The zero-order chi connectivity index (χ0) is 15.1. The van der Waals surface area contributed by atoms with E-state index in [1.54, 1.807) is 6.07 Å². The molecule has 2 N–H and O–H groups in total. The number of nitrogens with zero attached hydrogens (tertiary/aromatic N) is 1. The fourth-order valence-electron chi connectivity index (χ4n) is 2.25. The van der Waals surface area contributed by atoms with Crippen molar-refractivity contribution in [2.24, 2.45) is 0 Å². The van der Waals surface area contributed by atoms with Crippen LogP contribution in [0, 0.1) is 12.3 Å². The van der Waals surface area contributed by atoms with Crippen LogP contribution in [0.5, 0.6) is 0 Å². The molecule has 1 aromatic rings. The smallest absolute Gasteiger partial charge is 0.319 e. The number of ether oxygens (including phenoxy) is 1. The molecule has 21 heavy (non-hydrogen) atoms. The maximum Gasteiger partial charge on any atom is 0.319 e. The lowest BCUT2D eigenvalue weighted by Crippen LogP contribution is -2.47. The summed E-state index contributed by atoms with van der Waals surface area (Å²) in [6, 6.07) is 7.29. The van der Waals surface area contributed by atoms with Crippen molar-refractivity contribution in [2.45, 2.75) is 13.0 Å². The van der Waals surface area contributed by atoms with Gasteiger partial charge in [-0.2, -0.15) is 0 Å². The normalized spacial score (nSPS) is 16.8. The highest BCUT2D eigenvalue weighted by Crippen LogP contribution is 2.09. The molecule has 0 radical (unpaired) electrons. The Morgan fingerprint density at radius 2 is 2.24 bits per heavy atom. The van der Waals surface area contributed by atoms with Crippen LogP contribution in [0.4, 0.5) is 10.5 Å². The molecular formula is C16H21N3O2. The molecule has 2 amide bonds. The second-order valence-electron chi connectivity index (χ2n) is 5.06. The van der Waals surface area contributed by atoms with Gasteiger partial charge in [-0.15, -0.1) is 6.42 Å². The molecule has 1 atom stereocenters. The van der Waals surface area contributed by atoms with Crippen LogP contribution in [-0.2, 0) is 4.74 Å².